The third-order valence-corrected chi connectivity index (χ3v) is 3.65. The van der Waals surface area contributed by atoms with Crippen molar-refractivity contribution in [1.82, 2.24) is 5.32 Å². The minimum atomic E-state index is -1.07. The highest BCUT2D eigenvalue weighted by atomic mass is 32.1. The maximum atomic E-state index is 13.4. The summed E-state index contributed by atoms with van der Waals surface area (Å²) in [4.78, 5) is 11.9. The van der Waals surface area contributed by atoms with E-state index < -0.39 is 17.3 Å². The van der Waals surface area contributed by atoms with Gasteiger partial charge in [-0.25, -0.2) is 4.39 Å². The topological polar surface area (TPSA) is 49.3 Å². The summed E-state index contributed by atoms with van der Waals surface area (Å²) in [5, 5.41) is 16.7. The van der Waals surface area contributed by atoms with Crippen LogP contribution in [0, 0.1) is 5.82 Å². The molecular weight excluding hydrogens is 277 g/mol. The Kier molecular flexibility index (Phi) is 4.52. The van der Waals surface area contributed by atoms with Crippen LogP contribution in [0.25, 0.3) is 0 Å². The van der Waals surface area contributed by atoms with Gasteiger partial charge in [-0.05, 0) is 41.4 Å². The van der Waals surface area contributed by atoms with Crippen molar-refractivity contribution in [3.05, 3.63) is 58.0 Å². The molecule has 1 aromatic carbocycles. The zero-order valence-corrected chi connectivity index (χ0v) is 11.9. The van der Waals surface area contributed by atoms with Crippen molar-refractivity contribution in [3.8, 4) is 0 Å². The molecule has 0 aliphatic carbocycles. The highest BCUT2D eigenvalue weighted by Crippen LogP contribution is 2.15. The predicted molar refractivity (Wildman–Crippen MR) is 77.4 cm³/mol. The van der Waals surface area contributed by atoms with Gasteiger partial charge in [0.05, 0.1) is 11.2 Å². The van der Waals surface area contributed by atoms with Gasteiger partial charge in [-0.3, -0.25) is 4.79 Å². The summed E-state index contributed by atoms with van der Waals surface area (Å²) in [6, 6.07) is 7.70. The van der Waals surface area contributed by atoms with Crippen LogP contribution >= 0.6 is 11.3 Å². The zero-order valence-electron chi connectivity index (χ0n) is 11.1. The maximum absolute atomic E-state index is 13.4. The highest BCUT2D eigenvalue weighted by molar-refractivity contribution is 7.07. The van der Waals surface area contributed by atoms with E-state index in [9.17, 15) is 14.3 Å². The number of hydrogen-bond acceptors (Lipinski definition) is 3. The molecule has 0 radical (unpaired) electrons. The minimum Gasteiger partial charge on any atom is -0.388 e. The lowest BCUT2D eigenvalue weighted by atomic mass is 9.98. The molecule has 1 atom stereocenters. The number of nitrogens with one attached hydrogen (secondary N) is 1. The van der Waals surface area contributed by atoms with Crippen LogP contribution < -0.4 is 5.32 Å². The van der Waals surface area contributed by atoms with Crippen molar-refractivity contribution in [2.24, 2.45) is 0 Å². The summed E-state index contributed by atoms with van der Waals surface area (Å²) < 4.78 is 13.4. The summed E-state index contributed by atoms with van der Waals surface area (Å²) in [6.07, 6.45) is 0.439. The van der Waals surface area contributed by atoms with Gasteiger partial charge >= 0.3 is 0 Å². The van der Waals surface area contributed by atoms with Crippen LogP contribution in [0.5, 0.6) is 0 Å². The number of rotatable bonds is 5. The third kappa shape index (κ3) is 3.88. The fourth-order valence-electron chi connectivity index (χ4n) is 1.91. The summed E-state index contributed by atoms with van der Waals surface area (Å²) in [6.45, 7) is 1.71. The number of aliphatic hydroxyl groups is 1. The van der Waals surface area contributed by atoms with Crippen LogP contribution in [0.4, 0.5) is 4.39 Å². The number of amides is 1. The second-order valence-corrected chi connectivity index (χ2v) is 5.75. The quantitative estimate of drug-likeness (QED) is 0.890. The molecule has 0 aliphatic rings. The summed E-state index contributed by atoms with van der Waals surface area (Å²) in [5.74, 6) is -1.09. The third-order valence-electron chi connectivity index (χ3n) is 2.91. The molecule has 2 rings (SSSR count). The molecule has 0 saturated heterocycles. The first-order valence-electron chi connectivity index (χ1n) is 6.24. The molecule has 1 heterocycles. The Hall–Kier alpha value is -1.72. The Morgan fingerprint density at radius 1 is 1.40 bits per heavy atom. The molecule has 2 aromatic rings. The Labute approximate surface area is 121 Å². The molecule has 5 heteroatoms. The fourth-order valence-corrected chi connectivity index (χ4v) is 2.58. The maximum Gasteiger partial charge on any atom is 0.254 e. The van der Waals surface area contributed by atoms with Gasteiger partial charge in [0, 0.05) is 13.0 Å². The summed E-state index contributed by atoms with van der Waals surface area (Å²) in [7, 11) is 0. The van der Waals surface area contributed by atoms with E-state index in [0.29, 0.717) is 6.42 Å². The van der Waals surface area contributed by atoms with Crippen molar-refractivity contribution in [1.29, 1.82) is 0 Å². The lowest BCUT2D eigenvalue weighted by molar-refractivity contribution is 0.0552. The number of carbonyl (C=O) groups excluding carboxylic acids is 1. The van der Waals surface area contributed by atoms with E-state index in [2.05, 4.69) is 5.32 Å². The highest BCUT2D eigenvalue weighted by Gasteiger charge is 2.23. The first-order valence-corrected chi connectivity index (χ1v) is 7.18. The van der Waals surface area contributed by atoms with Crippen molar-refractivity contribution < 1.29 is 14.3 Å². The molecule has 0 aliphatic heterocycles. The van der Waals surface area contributed by atoms with Crippen molar-refractivity contribution in [2.75, 3.05) is 6.54 Å². The average Bonchev–Trinajstić information content (AvgIpc) is 2.89. The molecule has 1 amide bonds. The zero-order chi connectivity index (χ0) is 14.6. The van der Waals surface area contributed by atoms with Gasteiger partial charge in [-0.1, -0.05) is 12.1 Å². The normalized spacial score (nSPS) is 13.8. The van der Waals surface area contributed by atoms with E-state index in [4.69, 9.17) is 0 Å². The van der Waals surface area contributed by atoms with E-state index in [0.717, 1.165) is 5.56 Å². The minimum absolute atomic E-state index is 0.0150. The largest absolute Gasteiger partial charge is 0.388 e. The standard InChI is InChI=1S/C15H16FNO2S/c1-15(19,8-11-6-7-20-9-11)10-17-14(18)12-4-2-3-5-13(12)16/h2-7,9,19H,8,10H2,1H3,(H,17,18). The van der Waals surface area contributed by atoms with Crippen LogP contribution in [0.1, 0.15) is 22.8 Å². The van der Waals surface area contributed by atoms with Crippen LogP contribution in [0.15, 0.2) is 41.1 Å². The second-order valence-electron chi connectivity index (χ2n) is 4.97. The Morgan fingerprint density at radius 2 is 2.15 bits per heavy atom. The van der Waals surface area contributed by atoms with Crippen LogP contribution in [0.2, 0.25) is 0 Å². The summed E-state index contributed by atoms with van der Waals surface area (Å²) >= 11 is 1.56. The molecule has 0 saturated carbocycles. The molecule has 3 nitrogen and oxygen atoms in total. The first-order chi connectivity index (χ1) is 9.48. The van der Waals surface area contributed by atoms with Crippen molar-refractivity contribution >= 4 is 17.2 Å². The lowest BCUT2D eigenvalue weighted by Crippen LogP contribution is -2.42. The van der Waals surface area contributed by atoms with Gasteiger partial charge in [0.25, 0.3) is 5.91 Å². The SMILES string of the molecule is CC(O)(CNC(=O)c1ccccc1F)Cc1ccsc1. The fraction of sp³-hybridized carbons (Fsp3) is 0.267. The Morgan fingerprint density at radius 3 is 2.80 bits per heavy atom. The van der Waals surface area contributed by atoms with Crippen molar-refractivity contribution in [2.45, 2.75) is 18.9 Å². The number of carbonyl (C=O) groups is 1. The predicted octanol–water partition coefficient (Wildman–Crippen LogP) is 2.61. The number of benzene rings is 1. The Bertz CT molecular complexity index is 581. The van der Waals surface area contributed by atoms with Gasteiger partial charge in [-0.15, -0.1) is 0 Å². The Balaban J connectivity index is 1.94. The molecule has 1 aromatic heterocycles. The van der Waals surface area contributed by atoms with Gasteiger partial charge in [0.1, 0.15) is 5.82 Å². The molecule has 0 spiro atoms. The van der Waals surface area contributed by atoms with E-state index in [1.165, 1.54) is 18.2 Å². The number of halogens is 1. The molecule has 1 unspecified atom stereocenters. The second kappa shape index (κ2) is 6.15. The van der Waals surface area contributed by atoms with Crippen LogP contribution in [-0.4, -0.2) is 23.2 Å². The van der Waals surface area contributed by atoms with E-state index in [-0.39, 0.29) is 12.1 Å². The molecule has 0 bridgehead atoms. The van der Waals surface area contributed by atoms with Crippen LogP contribution in [-0.2, 0) is 6.42 Å². The van der Waals surface area contributed by atoms with Gasteiger partial charge in [0.15, 0.2) is 0 Å². The monoisotopic (exact) mass is 293 g/mol. The molecule has 0 fully saturated rings. The van der Waals surface area contributed by atoms with E-state index >= 15 is 0 Å². The molecular formula is C15H16FNO2S. The smallest absolute Gasteiger partial charge is 0.254 e. The first kappa shape index (κ1) is 14.7. The van der Waals surface area contributed by atoms with Gasteiger partial charge in [0.2, 0.25) is 0 Å². The molecule has 106 valence electrons. The summed E-state index contributed by atoms with van der Waals surface area (Å²) in [5.41, 5.74) is -0.0684. The number of hydrogen-bond donors (Lipinski definition) is 2. The van der Waals surface area contributed by atoms with Crippen LogP contribution in [0.3, 0.4) is 0 Å². The van der Waals surface area contributed by atoms with E-state index in [1.54, 1.807) is 24.3 Å². The van der Waals surface area contributed by atoms with Gasteiger partial charge < -0.3 is 10.4 Å². The van der Waals surface area contributed by atoms with Gasteiger partial charge in [-0.2, -0.15) is 11.3 Å². The molecule has 2 N–H and O–H groups in total. The molecule has 20 heavy (non-hydrogen) atoms. The number of thiophene rings is 1. The van der Waals surface area contributed by atoms with E-state index in [1.807, 2.05) is 16.8 Å². The lowest BCUT2D eigenvalue weighted by Gasteiger charge is -2.23. The van der Waals surface area contributed by atoms with Crippen molar-refractivity contribution in [3.63, 3.8) is 0 Å². The average molecular weight is 293 g/mol.